The number of esters is 1. The van der Waals surface area contributed by atoms with Gasteiger partial charge in [-0.15, -0.1) is 0 Å². The molecule has 4 rings (SSSR count). The van der Waals surface area contributed by atoms with E-state index in [0.717, 1.165) is 29.7 Å². The summed E-state index contributed by atoms with van der Waals surface area (Å²) < 4.78 is 5.81. The van der Waals surface area contributed by atoms with Crippen LogP contribution in [-0.4, -0.2) is 30.0 Å². The number of nitrogens with zero attached hydrogens (tertiary/aromatic N) is 2. The zero-order chi connectivity index (χ0) is 19.8. The van der Waals surface area contributed by atoms with Crippen LogP contribution in [0.1, 0.15) is 39.9 Å². The molecular weight excluding hydrogens is 352 g/mol. The Morgan fingerprint density at radius 3 is 2.57 bits per heavy atom. The Balaban J connectivity index is 1.53. The van der Waals surface area contributed by atoms with Crippen molar-refractivity contribution >= 4 is 11.7 Å². The number of hydrogen-bond donors (Lipinski definition) is 1. The van der Waals surface area contributed by atoms with Crippen molar-refractivity contribution in [2.45, 2.75) is 39.0 Å². The Hall–Kier alpha value is -2.84. The van der Waals surface area contributed by atoms with E-state index in [1.807, 2.05) is 49.1 Å². The fourth-order valence-corrected chi connectivity index (χ4v) is 4.66. The highest BCUT2D eigenvalue weighted by Gasteiger charge is 2.50. The van der Waals surface area contributed by atoms with Crippen LogP contribution in [0.15, 0.2) is 42.5 Å². The van der Waals surface area contributed by atoms with Gasteiger partial charge in [0, 0.05) is 24.1 Å². The summed E-state index contributed by atoms with van der Waals surface area (Å²) in [6, 6.07) is 15.0. The van der Waals surface area contributed by atoms with Crippen molar-refractivity contribution in [1.82, 2.24) is 0 Å². The lowest BCUT2D eigenvalue weighted by Crippen LogP contribution is -2.33. The van der Waals surface area contributed by atoms with E-state index in [0.29, 0.717) is 17.7 Å². The number of aliphatic hydroxyl groups excluding tert-OH is 1. The van der Waals surface area contributed by atoms with Crippen molar-refractivity contribution in [2.24, 2.45) is 11.8 Å². The molecule has 1 unspecified atom stereocenters. The van der Waals surface area contributed by atoms with E-state index in [2.05, 4.69) is 6.07 Å². The second kappa shape index (κ2) is 7.29. The Kier molecular flexibility index (Phi) is 4.82. The Bertz CT molecular complexity index is 935. The molecule has 0 radical (unpaired) electrons. The molecule has 4 atom stereocenters. The van der Waals surface area contributed by atoms with E-state index in [-0.39, 0.29) is 23.9 Å². The lowest BCUT2D eigenvalue weighted by molar-refractivity contribution is 0.0190. The highest BCUT2D eigenvalue weighted by atomic mass is 16.5. The summed E-state index contributed by atoms with van der Waals surface area (Å²) in [5, 5.41) is 20.2. The molecule has 2 aromatic carbocycles. The van der Waals surface area contributed by atoms with E-state index in [1.54, 1.807) is 12.1 Å². The van der Waals surface area contributed by atoms with E-state index < -0.39 is 6.23 Å². The third-order valence-corrected chi connectivity index (χ3v) is 6.38. The standard InChI is InChI=1S/C23H24N2O3/c1-14-15(2)20(10-8-17(14)12-24)25-13-19-18(22(25)26)9-11-21(19)28-23(27)16-6-4-3-5-7-16/h3-8,10,18-19,21-22,26H,9,11,13H2,1-2H3/t18-,19-,21+,22?/m0/s1. The van der Waals surface area contributed by atoms with Gasteiger partial charge in [-0.3, -0.25) is 0 Å². The summed E-state index contributed by atoms with van der Waals surface area (Å²) in [4.78, 5) is 14.5. The fraction of sp³-hybridized carbons (Fsp3) is 0.391. The molecule has 1 heterocycles. The lowest BCUT2D eigenvalue weighted by atomic mass is 9.98. The van der Waals surface area contributed by atoms with Gasteiger partial charge in [-0.05, 0) is 62.1 Å². The molecule has 28 heavy (non-hydrogen) atoms. The second-order valence-electron chi connectivity index (χ2n) is 7.77. The normalized spacial score (nSPS) is 26.0. The summed E-state index contributed by atoms with van der Waals surface area (Å²) >= 11 is 0. The van der Waals surface area contributed by atoms with Gasteiger partial charge in [-0.1, -0.05) is 18.2 Å². The maximum Gasteiger partial charge on any atom is 0.338 e. The molecule has 2 aliphatic rings. The van der Waals surface area contributed by atoms with Gasteiger partial charge in [-0.2, -0.15) is 5.26 Å². The molecule has 5 heteroatoms. The van der Waals surface area contributed by atoms with Gasteiger partial charge in [0.2, 0.25) is 0 Å². The average molecular weight is 376 g/mol. The topological polar surface area (TPSA) is 73.6 Å². The first-order valence-corrected chi connectivity index (χ1v) is 9.72. The number of fused-ring (bicyclic) bond motifs is 1. The molecule has 1 N–H and O–H groups in total. The largest absolute Gasteiger partial charge is 0.458 e. The van der Waals surface area contributed by atoms with Crippen molar-refractivity contribution in [3.05, 3.63) is 64.7 Å². The van der Waals surface area contributed by atoms with E-state index >= 15 is 0 Å². The van der Waals surface area contributed by atoms with Crippen LogP contribution < -0.4 is 4.90 Å². The van der Waals surface area contributed by atoms with Crippen molar-refractivity contribution in [3.63, 3.8) is 0 Å². The zero-order valence-corrected chi connectivity index (χ0v) is 16.1. The summed E-state index contributed by atoms with van der Waals surface area (Å²) in [5.41, 5.74) is 4.11. The monoisotopic (exact) mass is 376 g/mol. The molecule has 1 saturated carbocycles. The first kappa shape index (κ1) is 18.5. The minimum atomic E-state index is -0.600. The maximum absolute atomic E-state index is 12.5. The minimum Gasteiger partial charge on any atom is -0.458 e. The van der Waals surface area contributed by atoms with Gasteiger partial charge in [0.05, 0.1) is 17.2 Å². The number of hydrogen-bond acceptors (Lipinski definition) is 5. The predicted octanol–water partition coefficient (Wildman–Crippen LogP) is 3.57. The molecule has 0 spiro atoms. The smallest absolute Gasteiger partial charge is 0.338 e. The van der Waals surface area contributed by atoms with Crippen LogP contribution in [-0.2, 0) is 4.74 Å². The number of carbonyl (C=O) groups is 1. The van der Waals surface area contributed by atoms with Crippen LogP contribution in [0, 0.1) is 37.0 Å². The highest BCUT2D eigenvalue weighted by Crippen LogP contribution is 2.45. The highest BCUT2D eigenvalue weighted by molar-refractivity contribution is 5.89. The van der Waals surface area contributed by atoms with Crippen LogP contribution in [0.4, 0.5) is 5.69 Å². The summed E-state index contributed by atoms with van der Waals surface area (Å²) in [6.45, 7) is 4.56. The molecule has 0 bridgehead atoms. The van der Waals surface area contributed by atoms with E-state index in [1.165, 1.54) is 0 Å². The van der Waals surface area contributed by atoms with Crippen molar-refractivity contribution in [3.8, 4) is 6.07 Å². The van der Waals surface area contributed by atoms with Crippen molar-refractivity contribution < 1.29 is 14.6 Å². The molecule has 1 saturated heterocycles. The molecule has 0 aromatic heterocycles. The number of ether oxygens (including phenoxy) is 1. The van der Waals surface area contributed by atoms with Gasteiger partial charge >= 0.3 is 5.97 Å². The molecular formula is C23H24N2O3. The fourth-order valence-electron chi connectivity index (χ4n) is 4.66. The molecule has 1 aliphatic carbocycles. The van der Waals surface area contributed by atoms with Gasteiger partial charge < -0.3 is 14.7 Å². The van der Waals surface area contributed by atoms with Crippen molar-refractivity contribution in [2.75, 3.05) is 11.4 Å². The SMILES string of the molecule is Cc1c(C#N)ccc(N2C[C@H]3[C@H](CC[C@H]3OC(=O)c3ccccc3)C2O)c1C. The van der Waals surface area contributed by atoms with Gasteiger partial charge in [0.25, 0.3) is 0 Å². The van der Waals surface area contributed by atoms with E-state index in [4.69, 9.17) is 4.74 Å². The molecule has 1 aliphatic heterocycles. The second-order valence-corrected chi connectivity index (χ2v) is 7.77. The van der Waals surface area contributed by atoms with Gasteiger partial charge in [0.15, 0.2) is 0 Å². The predicted molar refractivity (Wildman–Crippen MR) is 106 cm³/mol. The van der Waals surface area contributed by atoms with E-state index in [9.17, 15) is 15.2 Å². The van der Waals surface area contributed by atoms with Gasteiger partial charge in [-0.25, -0.2) is 4.79 Å². The zero-order valence-electron chi connectivity index (χ0n) is 16.1. The number of carbonyl (C=O) groups excluding carboxylic acids is 1. The summed E-state index contributed by atoms with van der Waals surface area (Å²) in [5.74, 6) is -0.105. The van der Waals surface area contributed by atoms with Crippen LogP contribution >= 0.6 is 0 Å². The average Bonchev–Trinajstić information content (AvgIpc) is 3.25. The van der Waals surface area contributed by atoms with Gasteiger partial charge in [0.1, 0.15) is 12.3 Å². The summed E-state index contributed by atoms with van der Waals surface area (Å²) in [7, 11) is 0. The Morgan fingerprint density at radius 2 is 1.86 bits per heavy atom. The van der Waals surface area contributed by atoms with Crippen LogP contribution in [0.3, 0.4) is 0 Å². The number of anilines is 1. The first-order chi connectivity index (χ1) is 13.5. The lowest BCUT2D eigenvalue weighted by Gasteiger charge is -2.28. The molecule has 5 nitrogen and oxygen atoms in total. The number of nitriles is 1. The van der Waals surface area contributed by atoms with Crippen LogP contribution in [0.25, 0.3) is 0 Å². The number of aliphatic hydroxyl groups is 1. The third-order valence-electron chi connectivity index (χ3n) is 6.38. The third kappa shape index (κ3) is 3.04. The number of benzene rings is 2. The number of rotatable bonds is 3. The summed E-state index contributed by atoms with van der Waals surface area (Å²) in [6.07, 6.45) is 0.835. The molecule has 0 amide bonds. The Labute approximate surface area is 165 Å². The van der Waals surface area contributed by atoms with Crippen LogP contribution in [0.5, 0.6) is 0 Å². The minimum absolute atomic E-state index is 0.0870. The first-order valence-electron chi connectivity index (χ1n) is 9.72. The molecule has 2 fully saturated rings. The molecule has 2 aromatic rings. The Morgan fingerprint density at radius 1 is 1.11 bits per heavy atom. The van der Waals surface area contributed by atoms with Crippen molar-refractivity contribution in [1.29, 1.82) is 5.26 Å². The molecule has 144 valence electrons. The maximum atomic E-state index is 12.5. The quantitative estimate of drug-likeness (QED) is 0.829. The van der Waals surface area contributed by atoms with Crippen LogP contribution in [0.2, 0.25) is 0 Å².